The highest BCUT2D eigenvalue weighted by molar-refractivity contribution is 6.07. The quantitative estimate of drug-likeness (QED) is 0.760. The molecule has 0 radical (unpaired) electrons. The Morgan fingerprint density at radius 2 is 2.11 bits per heavy atom. The van der Waals surface area contributed by atoms with Crippen LogP contribution in [-0.2, 0) is 16.0 Å². The molecular formula is C15H17NO2. The third-order valence-electron chi connectivity index (χ3n) is 3.63. The molecule has 1 aromatic carbocycles. The van der Waals surface area contributed by atoms with Crippen molar-refractivity contribution in [3.63, 3.8) is 0 Å². The fourth-order valence-electron chi connectivity index (χ4n) is 2.28. The number of benzene rings is 1. The molecule has 1 fully saturated rings. The molecule has 1 aromatic rings. The zero-order chi connectivity index (χ0) is 13.2. The number of hydrogen-bond donors (Lipinski definition) is 0. The molecule has 0 aliphatic carbocycles. The van der Waals surface area contributed by atoms with E-state index in [0.29, 0.717) is 19.4 Å². The molecule has 1 saturated heterocycles. The van der Waals surface area contributed by atoms with Crippen LogP contribution in [0.15, 0.2) is 43.1 Å². The zero-order valence-electron chi connectivity index (χ0n) is 10.6. The standard InChI is InChI=1S/C15H17NO2/c1-3-16-10-9-15(2,14(16)18)13(17)11-12-7-5-4-6-8-12/h3-8H,1,9-11H2,2H3. The molecule has 2 rings (SSSR count). The molecule has 0 N–H and O–H groups in total. The van der Waals surface area contributed by atoms with Crippen LogP contribution < -0.4 is 0 Å². The lowest BCUT2D eigenvalue weighted by Gasteiger charge is -2.20. The molecule has 1 aliphatic rings. The Kier molecular flexibility index (Phi) is 3.32. The summed E-state index contributed by atoms with van der Waals surface area (Å²) >= 11 is 0. The van der Waals surface area contributed by atoms with Gasteiger partial charge in [-0.2, -0.15) is 0 Å². The van der Waals surface area contributed by atoms with E-state index in [2.05, 4.69) is 6.58 Å². The van der Waals surface area contributed by atoms with Crippen molar-refractivity contribution in [2.24, 2.45) is 5.41 Å². The van der Waals surface area contributed by atoms with Crippen molar-refractivity contribution in [3.8, 4) is 0 Å². The second-order valence-corrected chi connectivity index (χ2v) is 4.85. The maximum Gasteiger partial charge on any atom is 0.239 e. The van der Waals surface area contributed by atoms with Gasteiger partial charge in [0.25, 0.3) is 0 Å². The van der Waals surface area contributed by atoms with Gasteiger partial charge in [-0.15, -0.1) is 0 Å². The summed E-state index contributed by atoms with van der Waals surface area (Å²) in [5.41, 5.74) is 0.0675. The van der Waals surface area contributed by atoms with Gasteiger partial charge in [0.2, 0.25) is 5.91 Å². The SMILES string of the molecule is C=CN1CCC(C)(C(=O)Cc2ccccc2)C1=O. The predicted molar refractivity (Wildman–Crippen MR) is 69.8 cm³/mol. The van der Waals surface area contributed by atoms with Gasteiger partial charge in [0, 0.05) is 13.0 Å². The summed E-state index contributed by atoms with van der Waals surface area (Å²) in [7, 11) is 0. The number of amides is 1. The number of rotatable bonds is 4. The van der Waals surface area contributed by atoms with Crippen molar-refractivity contribution in [2.45, 2.75) is 19.8 Å². The van der Waals surface area contributed by atoms with E-state index in [1.165, 1.54) is 11.1 Å². The van der Waals surface area contributed by atoms with Crippen molar-refractivity contribution in [1.29, 1.82) is 0 Å². The molecule has 0 spiro atoms. The Hall–Kier alpha value is -1.90. The molecule has 1 amide bonds. The van der Waals surface area contributed by atoms with Gasteiger partial charge >= 0.3 is 0 Å². The highest BCUT2D eigenvalue weighted by atomic mass is 16.2. The van der Waals surface area contributed by atoms with E-state index < -0.39 is 5.41 Å². The Morgan fingerprint density at radius 3 is 2.67 bits per heavy atom. The van der Waals surface area contributed by atoms with Gasteiger partial charge in [0.05, 0.1) is 0 Å². The third-order valence-corrected chi connectivity index (χ3v) is 3.63. The number of carbonyl (C=O) groups excluding carboxylic acids is 2. The summed E-state index contributed by atoms with van der Waals surface area (Å²) in [4.78, 5) is 26.0. The van der Waals surface area contributed by atoms with E-state index in [1.54, 1.807) is 6.92 Å². The first-order valence-corrected chi connectivity index (χ1v) is 6.09. The Morgan fingerprint density at radius 1 is 1.44 bits per heavy atom. The number of ketones is 1. The Bertz CT molecular complexity index is 481. The maximum absolute atomic E-state index is 12.3. The van der Waals surface area contributed by atoms with E-state index in [9.17, 15) is 9.59 Å². The lowest BCUT2D eigenvalue weighted by atomic mass is 9.81. The van der Waals surface area contributed by atoms with Crippen molar-refractivity contribution in [1.82, 2.24) is 4.90 Å². The second-order valence-electron chi connectivity index (χ2n) is 4.85. The molecular weight excluding hydrogens is 226 g/mol. The first kappa shape index (κ1) is 12.6. The van der Waals surface area contributed by atoms with Crippen LogP contribution >= 0.6 is 0 Å². The summed E-state index contributed by atoms with van der Waals surface area (Å²) in [5.74, 6) is -0.138. The van der Waals surface area contributed by atoms with Gasteiger partial charge in [-0.1, -0.05) is 36.9 Å². The molecule has 3 nitrogen and oxygen atoms in total. The van der Waals surface area contributed by atoms with E-state index in [1.807, 2.05) is 30.3 Å². The number of Topliss-reactive ketones (excluding diaryl/α,β-unsaturated/α-hetero) is 1. The smallest absolute Gasteiger partial charge is 0.239 e. The number of nitrogens with zero attached hydrogens (tertiary/aromatic N) is 1. The van der Waals surface area contributed by atoms with Gasteiger partial charge in [-0.3, -0.25) is 9.59 Å². The van der Waals surface area contributed by atoms with Crippen LogP contribution in [0.5, 0.6) is 0 Å². The third kappa shape index (κ3) is 2.08. The summed E-state index contributed by atoms with van der Waals surface area (Å²) in [6, 6.07) is 9.53. The first-order chi connectivity index (χ1) is 8.58. The first-order valence-electron chi connectivity index (χ1n) is 6.09. The summed E-state index contributed by atoms with van der Waals surface area (Å²) < 4.78 is 0. The van der Waals surface area contributed by atoms with Gasteiger partial charge in [-0.05, 0) is 25.1 Å². The van der Waals surface area contributed by atoms with Crippen molar-refractivity contribution in [2.75, 3.05) is 6.54 Å². The number of likely N-dealkylation sites (tertiary alicyclic amines) is 1. The van der Waals surface area contributed by atoms with Crippen molar-refractivity contribution >= 4 is 11.7 Å². The van der Waals surface area contributed by atoms with Gasteiger partial charge in [0.1, 0.15) is 5.41 Å². The highest BCUT2D eigenvalue weighted by Gasteiger charge is 2.47. The van der Waals surface area contributed by atoms with Crippen molar-refractivity contribution in [3.05, 3.63) is 48.7 Å². The minimum absolute atomic E-state index is 0.0111. The van der Waals surface area contributed by atoms with Crippen LogP contribution in [-0.4, -0.2) is 23.1 Å². The molecule has 0 bridgehead atoms. The monoisotopic (exact) mass is 243 g/mol. The predicted octanol–water partition coefficient (Wildman–Crippen LogP) is 2.18. The Balaban J connectivity index is 2.14. The van der Waals surface area contributed by atoms with Crippen LogP contribution in [0.25, 0.3) is 0 Å². The molecule has 94 valence electrons. The van der Waals surface area contributed by atoms with E-state index >= 15 is 0 Å². The molecule has 3 heteroatoms. The average molecular weight is 243 g/mol. The largest absolute Gasteiger partial charge is 0.319 e. The van der Waals surface area contributed by atoms with Gasteiger partial charge < -0.3 is 4.90 Å². The highest BCUT2D eigenvalue weighted by Crippen LogP contribution is 2.33. The average Bonchev–Trinajstić information content (AvgIpc) is 2.68. The Labute approximate surface area is 107 Å². The maximum atomic E-state index is 12.3. The second kappa shape index (κ2) is 4.77. The minimum atomic E-state index is -0.885. The van der Waals surface area contributed by atoms with Crippen LogP contribution in [0.2, 0.25) is 0 Å². The van der Waals surface area contributed by atoms with E-state index in [-0.39, 0.29) is 11.7 Å². The normalized spacial score (nSPS) is 23.2. The summed E-state index contributed by atoms with van der Waals surface area (Å²) in [5, 5.41) is 0. The lowest BCUT2D eigenvalue weighted by Crippen LogP contribution is -2.37. The van der Waals surface area contributed by atoms with Crippen LogP contribution in [0.4, 0.5) is 0 Å². The topological polar surface area (TPSA) is 37.4 Å². The fourth-order valence-corrected chi connectivity index (χ4v) is 2.28. The summed E-state index contributed by atoms with van der Waals surface area (Å²) in [6.07, 6.45) is 2.39. The molecule has 1 atom stereocenters. The molecule has 0 saturated carbocycles. The molecule has 0 aromatic heterocycles. The van der Waals surface area contributed by atoms with Gasteiger partial charge in [0.15, 0.2) is 5.78 Å². The van der Waals surface area contributed by atoms with E-state index in [4.69, 9.17) is 0 Å². The van der Waals surface area contributed by atoms with Crippen LogP contribution in [0.3, 0.4) is 0 Å². The van der Waals surface area contributed by atoms with Crippen LogP contribution in [0, 0.1) is 5.41 Å². The molecule has 18 heavy (non-hydrogen) atoms. The fraction of sp³-hybridized carbons (Fsp3) is 0.333. The number of carbonyl (C=O) groups is 2. The summed E-state index contributed by atoms with van der Waals surface area (Å²) in [6.45, 7) is 5.92. The lowest BCUT2D eigenvalue weighted by molar-refractivity contribution is -0.141. The van der Waals surface area contributed by atoms with E-state index in [0.717, 1.165) is 5.56 Å². The molecule has 1 aliphatic heterocycles. The van der Waals surface area contributed by atoms with Crippen LogP contribution in [0.1, 0.15) is 18.9 Å². The zero-order valence-corrected chi connectivity index (χ0v) is 10.6. The van der Waals surface area contributed by atoms with Gasteiger partial charge in [-0.25, -0.2) is 0 Å². The van der Waals surface area contributed by atoms with Crippen molar-refractivity contribution < 1.29 is 9.59 Å². The number of hydrogen-bond acceptors (Lipinski definition) is 2. The minimum Gasteiger partial charge on any atom is -0.319 e. The molecule has 1 unspecified atom stereocenters. The molecule has 1 heterocycles.